The smallest absolute Gasteiger partial charge is 0.133 e. The van der Waals surface area contributed by atoms with Crippen molar-refractivity contribution in [1.82, 2.24) is 13.9 Å². The highest BCUT2D eigenvalue weighted by atomic mass is 35.5. The van der Waals surface area contributed by atoms with Gasteiger partial charge in [-0.3, -0.25) is 4.21 Å². The highest BCUT2D eigenvalue weighted by molar-refractivity contribution is 7.97. The van der Waals surface area contributed by atoms with Gasteiger partial charge < -0.3 is 4.57 Å². The van der Waals surface area contributed by atoms with Gasteiger partial charge in [0.15, 0.2) is 0 Å². The number of benzene rings is 2. The predicted molar refractivity (Wildman–Crippen MR) is 134 cm³/mol. The molecule has 2 unspecified atom stereocenters. The topological polar surface area (TPSA) is 38.1 Å². The first-order valence-electron chi connectivity index (χ1n) is 10.7. The van der Waals surface area contributed by atoms with Crippen LogP contribution in [0.5, 0.6) is 0 Å². The van der Waals surface area contributed by atoms with E-state index in [0.717, 1.165) is 54.4 Å². The number of rotatable bonds is 5. The van der Waals surface area contributed by atoms with Crippen molar-refractivity contribution >= 4 is 44.3 Å². The quantitative estimate of drug-likeness (QED) is 0.487. The molecule has 164 valence electrons. The third-order valence-electron chi connectivity index (χ3n) is 6.13. The van der Waals surface area contributed by atoms with Crippen molar-refractivity contribution in [1.29, 1.82) is 0 Å². The van der Waals surface area contributed by atoms with Crippen molar-refractivity contribution in [3.63, 3.8) is 0 Å². The Hall–Kier alpha value is -2.08. The lowest BCUT2D eigenvalue weighted by Crippen LogP contribution is -2.38. The van der Waals surface area contributed by atoms with E-state index >= 15 is 0 Å². The molecule has 31 heavy (non-hydrogen) atoms. The number of nitrogens with zero attached hydrogens (tertiary/aromatic N) is 3. The molecule has 2 atom stereocenters. The Labute approximate surface area is 190 Å². The molecule has 4 rings (SSSR count). The fourth-order valence-corrected chi connectivity index (χ4v) is 5.32. The van der Waals surface area contributed by atoms with Gasteiger partial charge in [-0.25, -0.2) is 9.29 Å². The van der Waals surface area contributed by atoms with Gasteiger partial charge in [-0.15, -0.1) is 0 Å². The average molecular weight is 456 g/mol. The number of piperidine rings is 1. The van der Waals surface area contributed by atoms with E-state index in [9.17, 15) is 4.21 Å². The molecule has 0 aliphatic carbocycles. The minimum atomic E-state index is -2.16. The highest BCUT2D eigenvalue weighted by Crippen LogP contribution is 2.25. The summed E-state index contributed by atoms with van der Waals surface area (Å²) in [4.78, 5) is 4.95. The van der Waals surface area contributed by atoms with E-state index in [1.807, 2.05) is 16.4 Å². The van der Waals surface area contributed by atoms with Crippen LogP contribution in [-0.2, 0) is 16.3 Å². The van der Waals surface area contributed by atoms with Gasteiger partial charge in [0.25, 0.3) is 0 Å². The first kappa shape index (κ1) is 22.1. The molecule has 0 radical (unpaired) electrons. The second-order valence-corrected chi connectivity index (χ2v) is 11.6. The molecule has 1 fully saturated rings. The van der Waals surface area contributed by atoms with E-state index in [2.05, 4.69) is 60.7 Å². The highest BCUT2D eigenvalue weighted by Gasteiger charge is 2.21. The second-order valence-electron chi connectivity index (χ2n) is 8.72. The van der Waals surface area contributed by atoms with Crippen LogP contribution in [-0.4, -0.2) is 43.3 Å². The molecule has 0 bridgehead atoms. The summed E-state index contributed by atoms with van der Waals surface area (Å²) in [5.74, 6) is 5.16. The molecular weight excluding hydrogens is 426 g/mol. The number of hydrogen-bond donors (Lipinski definition) is 0. The van der Waals surface area contributed by atoms with Crippen molar-refractivity contribution in [2.24, 2.45) is 5.92 Å². The Kier molecular flexibility index (Phi) is 6.29. The third kappa shape index (κ3) is 5.05. The monoisotopic (exact) mass is 455 g/mol. The summed E-state index contributed by atoms with van der Waals surface area (Å²) < 4.78 is 16.7. The second kappa shape index (κ2) is 8.81. The fraction of sp³-hybridized carbons (Fsp3) is 0.360. The number of hydrogen-bond acceptors (Lipinski definition) is 2. The number of fused-ring (bicyclic) bond motifs is 1. The van der Waals surface area contributed by atoms with E-state index in [-0.39, 0.29) is 0 Å². The van der Waals surface area contributed by atoms with Crippen LogP contribution in [0, 0.1) is 19.8 Å². The Morgan fingerprint density at radius 2 is 1.94 bits per heavy atom. The van der Waals surface area contributed by atoms with Gasteiger partial charge in [0.05, 0.1) is 11.0 Å². The van der Waals surface area contributed by atoms with Crippen molar-refractivity contribution in [3.05, 3.63) is 70.0 Å². The SMILES string of the molecule is C=S(C)(=O)N1CCCC(/C=C/c2nc3cc(C)c(C)cc3n2Cc2ccc(Cl)cc2)C1. The normalized spacial score (nSPS) is 19.8. The van der Waals surface area contributed by atoms with Crippen molar-refractivity contribution in [3.8, 4) is 0 Å². The molecule has 1 saturated heterocycles. The fourth-order valence-electron chi connectivity index (χ4n) is 4.17. The van der Waals surface area contributed by atoms with Gasteiger partial charge in [-0.2, -0.15) is 0 Å². The zero-order valence-electron chi connectivity index (χ0n) is 18.5. The van der Waals surface area contributed by atoms with Crippen LogP contribution in [0.4, 0.5) is 0 Å². The van der Waals surface area contributed by atoms with Crippen LogP contribution in [0.25, 0.3) is 17.1 Å². The first-order valence-corrected chi connectivity index (χ1v) is 13.2. The average Bonchev–Trinajstić information content (AvgIpc) is 3.04. The molecule has 0 amide bonds. The summed E-state index contributed by atoms with van der Waals surface area (Å²) in [6, 6.07) is 12.4. The van der Waals surface area contributed by atoms with Gasteiger partial charge in [0.2, 0.25) is 0 Å². The maximum atomic E-state index is 12.4. The molecule has 0 N–H and O–H groups in total. The van der Waals surface area contributed by atoms with E-state index in [1.54, 1.807) is 6.26 Å². The molecule has 1 aromatic heterocycles. The van der Waals surface area contributed by atoms with Gasteiger partial charge in [0.1, 0.15) is 5.82 Å². The van der Waals surface area contributed by atoms with Crippen molar-refractivity contribution < 1.29 is 4.21 Å². The lowest BCUT2D eigenvalue weighted by atomic mass is 9.99. The molecule has 2 heterocycles. The number of aryl methyl sites for hydroxylation is 2. The maximum Gasteiger partial charge on any atom is 0.133 e. The Balaban J connectivity index is 1.69. The van der Waals surface area contributed by atoms with Crippen LogP contribution in [0.1, 0.15) is 35.4 Å². The maximum absolute atomic E-state index is 12.4. The Morgan fingerprint density at radius 3 is 2.65 bits per heavy atom. The van der Waals surface area contributed by atoms with Crippen LogP contribution < -0.4 is 0 Å². The lowest BCUT2D eigenvalue weighted by Gasteiger charge is -2.31. The van der Waals surface area contributed by atoms with E-state index in [1.165, 1.54) is 16.7 Å². The number of halogens is 1. The summed E-state index contributed by atoms with van der Waals surface area (Å²) in [5.41, 5.74) is 5.84. The molecule has 6 heteroatoms. The summed E-state index contributed by atoms with van der Waals surface area (Å²) in [6.07, 6.45) is 8.23. The van der Waals surface area contributed by atoms with Crippen LogP contribution >= 0.6 is 11.6 Å². The molecule has 0 spiro atoms. The minimum Gasteiger partial charge on any atom is -0.320 e. The largest absolute Gasteiger partial charge is 0.320 e. The van der Waals surface area contributed by atoms with E-state index in [4.69, 9.17) is 16.6 Å². The lowest BCUT2D eigenvalue weighted by molar-refractivity contribution is 0.314. The molecule has 1 aliphatic rings. The summed E-state index contributed by atoms with van der Waals surface area (Å²) in [5, 5.41) is 0.741. The van der Waals surface area contributed by atoms with Crippen LogP contribution in [0.2, 0.25) is 5.02 Å². The molecule has 1 aliphatic heterocycles. The Morgan fingerprint density at radius 1 is 1.23 bits per heavy atom. The van der Waals surface area contributed by atoms with E-state index < -0.39 is 9.71 Å². The molecule has 2 aromatic carbocycles. The summed E-state index contributed by atoms with van der Waals surface area (Å²) in [7, 11) is -2.16. The van der Waals surface area contributed by atoms with Crippen LogP contribution in [0.3, 0.4) is 0 Å². The minimum absolute atomic E-state index is 0.351. The number of imidazole rings is 1. The Bertz CT molecular complexity index is 1230. The zero-order chi connectivity index (χ0) is 22.2. The van der Waals surface area contributed by atoms with Gasteiger partial charge in [-0.1, -0.05) is 29.8 Å². The van der Waals surface area contributed by atoms with Crippen molar-refractivity contribution in [2.75, 3.05) is 19.3 Å². The third-order valence-corrected chi connectivity index (χ3v) is 7.81. The van der Waals surface area contributed by atoms with Crippen molar-refractivity contribution in [2.45, 2.75) is 33.2 Å². The summed E-state index contributed by atoms with van der Waals surface area (Å²) >= 11 is 6.08. The van der Waals surface area contributed by atoms with Gasteiger partial charge >= 0.3 is 0 Å². The van der Waals surface area contributed by atoms with Gasteiger partial charge in [-0.05, 0) is 85.5 Å². The van der Waals surface area contributed by atoms with Gasteiger partial charge in [0, 0.05) is 40.6 Å². The van der Waals surface area contributed by atoms with E-state index in [0.29, 0.717) is 5.92 Å². The molecular formula is C25H30ClN3OS. The number of aromatic nitrogens is 2. The first-order chi connectivity index (χ1) is 14.7. The zero-order valence-corrected chi connectivity index (χ0v) is 20.0. The summed E-state index contributed by atoms with van der Waals surface area (Å²) in [6.45, 7) is 6.64. The standard InChI is InChI=1S/C25H30ClN3OS/c1-18-14-23-24(15-19(18)2)29(17-21-7-10-22(26)11-8-21)25(27-23)12-9-20-6-5-13-28(16-20)31(3,4)30/h7-12,14-15,20H,3,5-6,13,16-17H2,1-2,4H3/b12-9+. The molecule has 4 nitrogen and oxygen atoms in total. The van der Waals surface area contributed by atoms with Crippen LogP contribution in [0.15, 0.2) is 42.5 Å². The molecule has 3 aromatic rings. The molecule has 0 saturated carbocycles. The predicted octanol–water partition coefficient (Wildman–Crippen LogP) is 5.34.